The van der Waals surface area contributed by atoms with Crippen LogP contribution in [0.3, 0.4) is 0 Å². The number of hydrogen-bond acceptors (Lipinski definition) is 3. The van der Waals surface area contributed by atoms with Crippen molar-refractivity contribution in [3.63, 3.8) is 0 Å². The first kappa shape index (κ1) is 11.1. The van der Waals surface area contributed by atoms with Crippen LogP contribution >= 0.6 is 11.8 Å². The van der Waals surface area contributed by atoms with Crippen LogP contribution in [0.2, 0.25) is 0 Å². The summed E-state index contributed by atoms with van der Waals surface area (Å²) in [6.07, 6.45) is 0. The van der Waals surface area contributed by atoms with E-state index in [-0.39, 0.29) is 0 Å². The first-order valence-corrected chi connectivity index (χ1v) is 5.73. The molecule has 17 heavy (non-hydrogen) atoms. The second kappa shape index (κ2) is 5.11. The lowest BCUT2D eigenvalue weighted by Gasteiger charge is -1.95. The first-order valence-electron chi connectivity index (χ1n) is 4.91. The average Bonchev–Trinajstić information content (AvgIpc) is 2.40. The summed E-state index contributed by atoms with van der Waals surface area (Å²) in [7, 11) is 0. The van der Waals surface area contributed by atoms with Gasteiger partial charge >= 0.3 is 11.4 Å². The summed E-state index contributed by atoms with van der Waals surface area (Å²) < 4.78 is 0. The zero-order valence-electron chi connectivity index (χ0n) is 8.82. The number of diazo groups is 2. The first-order chi connectivity index (χ1) is 8.35. The molecule has 0 amide bonds. The van der Waals surface area contributed by atoms with Crippen molar-refractivity contribution in [2.75, 3.05) is 0 Å². The van der Waals surface area contributed by atoms with Gasteiger partial charge in [0, 0.05) is 12.1 Å². The maximum absolute atomic E-state index is 8.86. The van der Waals surface area contributed by atoms with Gasteiger partial charge in [-0.05, 0) is 12.1 Å². The highest BCUT2D eigenvalue weighted by Gasteiger charge is 2.19. The molecule has 2 rings (SSSR count). The Kier molecular flexibility index (Phi) is 3.34. The molecule has 4 nitrogen and oxygen atoms in total. The molecule has 0 saturated carbocycles. The van der Waals surface area contributed by atoms with Gasteiger partial charge in [-0.3, -0.25) is 0 Å². The second-order valence-electron chi connectivity index (χ2n) is 3.24. The summed E-state index contributed by atoms with van der Waals surface area (Å²) in [6, 6.07) is 14.4. The van der Waals surface area contributed by atoms with Crippen molar-refractivity contribution < 1.29 is 0 Å². The van der Waals surface area contributed by atoms with Crippen LogP contribution < -0.4 is 0 Å². The van der Waals surface area contributed by atoms with Crippen molar-refractivity contribution in [2.45, 2.75) is 9.79 Å². The summed E-state index contributed by atoms with van der Waals surface area (Å²) in [4.78, 5) is 8.01. The minimum absolute atomic E-state index is 0.491. The van der Waals surface area contributed by atoms with Crippen molar-refractivity contribution in [1.82, 2.24) is 0 Å². The highest BCUT2D eigenvalue weighted by molar-refractivity contribution is 7.99. The molecule has 0 heterocycles. The number of nitrogens with zero attached hydrogens (tertiary/aromatic N) is 4. The third kappa shape index (κ3) is 2.41. The maximum Gasteiger partial charge on any atom is 0.398 e. The number of benzene rings is 2. The molecule has 0 aliphatic carbocycles. The minimum atomic E-state index is 0.491. The van der Waals surface area contributed by atoms with Crippen molar-refractivity contribution >= 4 is 23.1 Å². The zero-order valence-corrected chi connectivity index (χ0v) is 9.63. The molecular weight excluding hydrogens is 232 g/mol. The summed E-state index contributed by atoms with van der Waals surface area (Å²) >= 11 is 1.38. The summed E-state index contributed by atoms with van der Waals surface area (Å²) in [5, 5.41) is 17.7. The van der Waals surface area contributed by atoms with Gasteiger partial charge in [-0.1, -0.05) is 36.0 Å². The lowest BCUT2D eigenvalue weighted by molar-refractivity contribution is 1.37. The van der Waals surface area contributed by atoms with E-state index in [9.17, 15) is 0 Å². The Hall–Kier alpha value is -2.37. The summed E-state index contributed by atoms with van der Waals surface area (Å²) in [5.41, 5.74) is 0.982. The third-order valence-electron chi connectivity index (χ3n) is 2.17. The molecule has 0 saturated heterocycles. The molecule has 0 spiro atoms. The molecule has 2 aromatic rings. The average molecular weight is 240 g/mol. The molecule has 0 unspecified atom stereocenters. The van der Waals surface area contributed by atoms with Crippen LogP contribution in [0, 0.1) is 10.8 Å². The fourth-order valence-electron chi connectivity index (χ4n) is 1.37. The van der Waals surface area contributed by atoms with E-state index >= 15 is 0 Å². The van der Waals surface area contributed by atoms with E-state index in [2.05, 4.69) is 9.95 Å². The zero-order chi connectivity index (χ0) is 12.1. The van der Waals surface area contributed by atoms with Gasteiger partial charge in [-0.2, -0.15) is 0 Å². The molecule has 2 aromatic carbocycles. The Bertz CT molecular complexity index is 569. The van der Waals surface area contributed by atoms with Gasteiger partial charge in [0.1, 0.15) is 9.79 Å². The second-order valence-corrected chi connectivity index (χ2v) is 4.32. The topological polar surface area (TPSA) is 56.3 Å². The predicted molar refractivity (Wildman–Crippen MR) is 66.5 cm³/mol. The molecule has 0 atom stereocenters. The van der Waals surface area contributed by atoms with Crippen LogP contribution in [0.15, 0.2) is 58.3 Å². The molecule has 0 fully saturated rings. The number of hydrogen-bond donors (Lipinski definition) is 0. The van der Waals surface area contributed by atoms with Gasteiger partial charge in [0.25, 0.3) is 0 Å². The van der Waals surface area contributed by atoms with Crippen LogP contribution in [0.5, 0.6) is 0 Å². The van der Waals surface area contributed by atoms with Gasteiger partial charge in [0.15, 0.2) is 9.95 Å². The molecule has 0 radical (unpaired) electrons. The minimum Gasteiger partial charge on any atom is -0.0733 e. The van der Waals surface area contributed by atoms with Gasteiger partial charge in [-0.15, -0.1) is 0 Å². The van der Waals surface area contributed by atoms with Gasteiger partial charge in [-0.25, -0.2) is 0 Å². The fraction of sp³-hybridized carbons (Fsp3) is 0. The van der Waals surface area contributed by atoms with Crippen molar-refractivity contribution in [3.8, 4) is 0 Å². The SMILES string of the molecule is N#[N+]c1ccccc1Sc1ccccc1[N+]#N. The van der Waals surface area contributed by atoms with E-state index in [0.717, 1.165) is 9.79 Å². The van der Waals surface area contributed by atoms with E-state index < -0.39 is 0 Å². The van der Waals surface area contributed by atoms with Crippen molar-refractivity contribution in [2.24, 2.45) is 0 Å². The molecule has 0 N–H and O–H groups in total. The quantitative estimate of drug-likeness (QED) is 0.708. The monoisotopic (exact) mass is 240 g/mol. The van der Waals surface area contributed by atoms with Gasteiger partial charge in [0.2, 0.25) is 10.8 Å². The van der Waals surface area contributed by atoms with E-state index in [4.69, 9.17) is 10.8 Å². The normalized spacial score (nSPS) is 9.29. The van der Waals surface area contributed by atoms with Crippen LogP contribution in [-0.4, -0.2) is 0 Å². The van der Waals surface area contributed by atoms with Crippen molar-refractivity contribution in [3.05, 3.63) is 58.5 Å². The highest BCUT2D eigenvalue weighted by atomic mass is 32.2. The van der Waals surface area contributed by atoms with Gasteiger partial charge in [0.05, 0.1) is 0 Å². The maximum atomic E-state index is 8.86. The molecule has 5 heteroatoms. The Morgan fingerprint density at radius 1 is 0.706 bits per heavy atom. The molecule has 0 bridgehead atoms. The largest absolute Gasteiger partial charge is 0.398 e. The Morgan fingerprint density at radius 2 is 1.12 bits per heavy atom. The lowest BCUT2D eigenvalue weighted by atomic mass is 10.3. The van der Waals surface area contributed by atoms with E-state index in [0.29, 0.717) is 11.4 Å². The molecule has 0 aliphatic heterocycles. The molecule has 80 valence electrons. The standard InChI is InChI=1S/C12H8N4S/c13-15-9-5-1-3-7-11(9)17-12-8-4-2-6-10(12)16-14/h1-8H/q+2. The Balaban J connectivity index is 2.40. The molecular formula is C12H8N4S+2. The van der Waals surface area contributed by atoms with Crippen LogP contribution in [-0.2, 0) is 0 Å². The molecule has 0 aliphatic rings. The molecule has 0 aromatic heterocycles. The van der Waals surface area contributed by atoms with Crippen LogP contribution in [0.4, 0.5) is 11.4 Å². The van der Waals surface area contributed by atoms with E-state index in [1.807, 2.05) is 24.3 Å². The van der Waals surface area contributed by atoms with E-state index in [1.165, 1.54) is 11.8 Å². The lowest BCUT2D eigenvalue weighted by Crippen LogP contribution is -1.74. The summed E-state index contributed by atoms with van der Waals surface area (Å²) in [6.45, 7) is 0. The van der Waals surface area contributed by atoms with Crippen LogP contribution in [0.1, 0.15) is 0 Å². The van der Waals surface area contributed by atoms with E-state index in [1.54, 1.807) is 24.3 Å². The smallest absolute Gasteiger partial charge is 0.0733 e. The Morgan fingerprint density at radius 3 is 1.53 bits per heavy atom. The third-order valence-corrected chi connectivity index (χ3v) is 3.30. The fourth-order valence-corrected chi connectivity index (χ4v) is 2.33. The highest BCUT2D eigenvalue weighted by Crippen LogP contribution is 2.39. The van der Waals surface area contributed by atoms with Crippen LogP contribution in [0.25, 0.3) is 9.95 Å². The van der Waals surface area contributed by atoms with Gasteiger partial charge < -0.3 is 0 Å². The predicted octanol–water partition coefficient (Wildman–Crippen LogP) is 4.81. The summed E-state index contributed by atoms with van der Waals surface area (Å²) in [5.74, 6) is 0. The Labute approximate surface area is 103 Å². The van der Waals surface area contributed by atoms with Crippen molar-refractivity contribution in [1.29, 1.82) is 10.8 Å². The number of rotatable bonds is 2.